The van der Waals surface area contributed by atoms with Gasteiger partial charge in [0.2, 0.25) is 0 Å². The molecule has 6 fully saturated rings. The molecule has 0 aromatic carbocycles. The van der Waals surface area contributed by atoms with Crippen LogP contribution in [-0.2, 0) is 0 Å². The van der Waals surface area contributed by atoms with Crippen LogP contribution in [0.2, 0.25) is 23.2 Å². The molecule has 5 aliphatic carbocycles. The highest BCUT2D eigenvalue weighted by molar-refractivity contribution is 8.01. The minimum atomic E-state index is -1.40. The summed E-state index contributed by atoms with van der Waals surface area (Å²) in [5.74, 6) is 9.61. The van der Waals surface area contributed by atoms with Crippen LogP contribution < -0.4 is 0 Å². The van der Waals surface area contributed by atoms with Crippen LogP contribution in [0.25, 0.3) is 0 Å². The van der Waals surface area contributed by atoms with Gasteiger partial charge in [0.1, 0.15) is 0 Å². The van der Waals surface area contributed by atoms with Gasteiger partial charge in [0.25, 0.3) is 0 Å². The van der Waals surface area contributed by atoms with E-state index in [2.05, 4.69) is 46.4 Å². The molecule has 6 rings (SSSR count). The first-order chi connectivity index (χ1) is 17.0. The van der Waals surface area contributed by atoms with Crippen LogP contribution in [0, 0.1) is 53.3 Å². The lowest BCUT2D eigenvalue weighted by Crippen LogP contribution is -2.51. The molecule has 0 amide bonds. The summed E-state index contributed by atoms with van der Waals surface area (Å²) in [5.41, 5.74) is 2.27. The lowest BCUT2D eigenvalue weighted by molar-refractivity contribution is 0.0978. The summed E-state index contributed by atoms with van der Waals surface area (Å²) in [4.78, 5) is 0. The second-order valence-electron chi connectivity index (χ2n) is 14.9. The second-order valence-corrected chi connectivity index (χ2v) is 21.5. The summed E-state index contributed by atoms with van der Waals surface area (Å²) in [6.07, 6.45) is 20.4. The average molecular weight is 515 g/mol. The van der Waals surface area contributed by atoms with Gasteiger partial charge in [-0.3, -0.25) is 0 Å². The Balaban J connectivity index is 1.32. The highest BCUT2D eigenvalue weighted by Crippen LogP contribution is 2.71. The van der Waals surface area contributed by atoms with Crippen molar-refractivity contribution in [1.29, 1.82) is 0 Å². The summed E-state index contributed by atoms with van der Waals surface area (Å²) in [5, 5.41) is 2.08. The fraction of sp³-hybridized carbons (Fsp3) is 1.00. The van der Waals surface area contributed by atoms with E-state index in [0.29, 0.717) is 0 Å². The van der Waals surface area contributed by atoms with Crippen LogP contribution in [0.3, 0.4) is 0 Å². The number of fused-ring (bicyclic) bond motifs is 4. The highest BCUT2D eigenvalue weighted by atomic mass is 32.2. The van der Waals surface area contributed by atoms with E-state index in [4.69, 9.17) is 0 Å². The van der Waals surface area contributed by atoms with Gasteiger partial charge in [-0.05, 0) is 90.0 Å². The summed E-state index contributed by atoms with van der Waals surface area (Å²) in [7, 11) is -1.40. The normalized spacial score (nSPS) is 50.7. The zero-order chi connectivity index (χ0) is 24.3. The van der Waals surface area contributed by atoms with E-state index in [1.54, 1.807) is 76.3 Å². The summed E-state index contributed by atoms with van der Waals surface area (Å²) in [6.45, 7) is 13.7. The van der Waals surface area contributed by atoms with Gasteiger partial charge in [-0.1, -0.05) is 104 Å². The first-order valence-electron chi connectivity index (χ1n) is 16.7. The fourth-order valence-corrected chi connectivity index (χ4v) is 23.7. The molecular weight excluding hydrogens is 457 g/mol. The van der Waals surface area contributed by atoms with Crippen LogP contribution in [0.4, 0.5) is 0 Å². The third-order valence-corrected chi connectivity index (χ3v) is 23.4. The maximum Gasteiger partial charge on any atom is 0.0611 e. The number of hydrogen-bond donors (Lipinski definition) is 0. The topological polar surface area (TPSA) is 0 Å². The molecule has 12 atom stereocenters. The number of rotatable bonds is 5. The first kappa shape index (κ1) is 25.8. The van der Waals surface area contributed by atoms with E-state index in [-0.39, 0.29) is 0 Å². The Labute approximate surface area is 224 Å². The summed E-state index contributed by atoms with van der Waals surface area (Å²) in [6, 6.07) is 3.19. The largest absolute Gasteiger partial charge is 0.155 e. The van der Waals surface area contributed by atoms with Crippen molar-refractivity contribution in [3.8, 4) is 0 Å². The van der Waals surface area contributed by atoms with E-state index in [0.717, 1.165) is 74.8 Å². The molecule has 0 nitrogen and oxygen atoms in total. The molecule has 0 aromatic heterocycles. The van der Waals surface area contributed by atoms with Crippen LogP contribution >= 0.6 is 11.8 Å². The van der Waals surface area contributed by atoms with Crippen LogP contribution in [0.15, 0.2) is 0 Å². The Bertz CT molecular complexity index is 725. The Morgan fingerprint density at radius 2 is 1.29 bits per heavy atom. The maximum absolute atomic E-state index is 2.77. The molecule has 5 saturated carbocycles. The molecule has 200 valence electrons. The van der Waals surface area contributed by atoms with Gasteiger partial charge in [0, 0.05) is 10.5 Å². The van der Waals surface area contributed by atoms with Crippen molar-refractivity contribution in [2.24, 2.45) is 53.3 Å². The van der Waals surface area contributed by atoms with Gasteiger partial charge in [-0.2, -0.15) is 11.8 Å². The standard InChI is InChI=1S/C33H58SSi/c1-6-35(7-2,33-23(5)22(4)30-27-16-11-12-19-29(27)34-31(30)33)32-21(3)20-28-25(17-13-18-26(28)32)24-14-9-8-10-15-24/h21-33H,6-20H2,1-5H3. The average Bonchev–Trinajstić information content (AvgIpc) is 3.51. The molecule has 0 N–H and O–H groups in total. The lowest BCUT2D eigenvalue weighted by Gasteiger charge is -2.51. The molecule has 12 unspecified atom stereocenters. The van der Waals surface area contributed by atoms with E-state index in [9.17, 15) is 0 Å². The van der Waals surface area contributed by atoms with Gasteiger partial charge >= 0.3 is 0 Å². The monoisotopic (exact) mass is 514 g/mol. The molecule has 2 heteroatoms. The van der Waals surface area contributed by atoms with Crippen molar-refractivity contribution >= 4 is 19.8 Å². The quantitative estimate of drug-likeness (QED) is 0.329. The van der Waals surface area contributed by atoms with Gasteiger partial charge < -0.3 is 0 Å². The smallest absolute Gasteiger partial charge is 0.0611 e. The van der Waals surface area contributed by atoms with Crippen molar-refractivity contribution in [2.45, 2.75) is 152 Å². The molecule has 0 radical (unpaired) electrons. The van der Waals surface area contributed by atoms with Gasteiger partial charge in [-0.25, -0.2) is 0 Å². The molecule has 1 saturated heterocycles. The van der Waals surface area contributed by atoms with Gasteiger partial charge in [0.05, 0.1) is 8.07 Å². The second kappa shape index (κ2) is 10.3. The van der Waals surface area contributed by atoms with E-state index in [1.165, 1.54) is 19.3 Å². The minimum absolute atomic E-state index is 0.990. The predicted octanol–water partition coefficient (Wildman–Crippen LogP) is 10.4. The third kappa shape index (κ3) is 4.01. The molecule has 6 aliphatic rings. The lowest BCUT2D eigenvalue weighted by atomic mass is 9.65. The van der Waals surface area contributed by atoms with E-state index in [1.807, 2.05) is 0 Å². The van der Waals surface area contributed by atoms with E-state index >= 15 is 0 Å². The van der Waals surface area contributed by atoms with E-state index < -0.39 is 8.07 Å². The number of thioether (sulfide) groups is 1. The summed E-state index contributed by atoms with van der Waals surface area (Å²) >= 11 is 2.59. The molecule has 0 spiro atoms. The molecule has 0 aromatic rings. The molecular formula is C33H58SSi. The zero-order valence-corrected chi connectivity index (χ0v) is 25.8. The molecule has 0 bridgehead atoms. The molecule has 1 heterocycles. The third-order valence-electron chi connectivity index (χ3n) is 14.1. The van der Waals surface area contributed by atoms with Gasteiger partial charge in [-0.15, -0.1) is 0 Å². The van der Waals surface area contributed by atoms with Crippen molar-refractivity contribution in [2.75, 3.05) is 0 Å². The minimum Gasteiger partial charge on any atom is -0.155 e. The van der Waals surface area contributed by atoms with Crippen molar-refractivity contribution in [3.05, 3.63) is 0 Å². The van der Waals surface area contributed by atoms with Crippen molar-refractivity contribution < 1.29 is 0 Å². The first-order valence-corrected chi connectivity index (χ1v) is 20.2. The number of hydrogen-bond acceptors (Lipinski definition) is 1. The Morgan fingerprint density at radius 3 is 2.03 bits per heavy atom. The van der Waals surface area contributed by atoms with Crippen LogP contribution in [0.1, 0.15) is 118 Å². The SMILES string of the molecule is CC[Si](CC)(C1C(C)CC2C(C3CCCCC3)CCCC21)C1C(C)C(C)C2C3CCCCC3SC21. The van der Waals surface area contributed by atoms with Crippen LogP contribution in [0.5, 0.6) is 0 Å². The molecule has 1 aliphatic heterocycles. The Kier molecular flexibility index (Phi) is 7.58. The summed E-state index contributed by atoms with van der Waals surface area (Å²) < 4.78 is 0. The van der Waals surface area contributed by atoms with Gasteiger partial charge in [0.15, 0.2) is 0 Å². The van der Waals surface area contributed by atoms with Crippen molar-refractivity contribution in [3.63, 3.8) is 0 Å². The Morgan fingerprint density at radius 1 is 0.629 bits per heavy atom. The molecule has 35 heavy (non-hydrogen) atoms. The Hall–Kier alpha value is 0.567. The van der Waals surface area contributed by atoms with Crippen molar-refractivity contribution in [1.82, 2.24) is 0 Å². The predicted molar refractivity (Wildman–Crippen MR) is 158 cm³/mol. The zero-order valence-electron chi connectivity index (χ0n) is 24.0. The highest BCUT2D eigenvalue weighted by Gasteiger charge is 2.65. The fourth-order valence-electron chi connectivity index (χ4n) is 12.8. The van der Waals surface area contributed by atoms with Crippen LogP contribution in [-0.4, -0.2) is 18.6 Å². The maximum atomic E-state index is 2.77.